The van der Waals surface area contributed by atoms with Gasteiger partial charge in [-0.15, -0.1) is 0 Å². The lowest BCUT2D eigenvalue weighted by atomic mass is 10.1. The zero-order valence-corrected chi connectivity index (χ0v) is 20.0. The van der Waals surface area contributed by atoms with E-state index in [0.29, 0.717) is 16.1 Å². The van der Waals surface area contributed by atoms with Gasteiger partial charge in [-0.05, 0) is 44.5 Å². The van der Waals surface area contributed by atoms with Crippen LogP contribution in [0.4, 0.5) is 18.9 Å². The molecule has 12 heteroatoms. The number of rotatable bonds is 5. The van der Waals surface area contributed by atoms with Gasteiger partial charge in [0.2, 0.25) is 5.82 Å². The monoisotopic (exact) mass is 544 g/mol. The molecule has 0 bridgehead atoms. The molecule has 0 aliphatic heterocycles. The van der Waals surface area contributed by atoms with Gasteiger partial charge in [0.1, 0.15) is 5.69 Å². The minimum Gasteiger partial charge on any atom is -0.350 e. The minimum absolute atomic E-state index is 0.0987. The number of anilines is 1. The zero-order chi connectivity index (χ0) is 24.5. The number of hydrogen-bond acceptors (Lipinski definition) is 4. The van der Waals surface area contributed by atoms with Crippen molar-refractivity contribution in [1.29, 1.82) is 0 Å². The van der Waals surface area contributed by atoms with Gasteiger partial charge in [-0.25, -0.2) is 9.67 Å². The molecule has 2 aromatic heterocycles. The van der Waals surface area contributed by atoms with Crippen LogP contribution in [0.15, 0.2) is 41.0 Å². The Balaban J connectivity index is 2.10. The van der Waals surface area contributed by atoms with E-state index >= 15 is 0 Å². The number of carbonyl (C=O) groups excluding carboxylic acids is 2. The molecule has 3 aromatic rings. The van der Waals surface area contributed by atoms with Crippen molar-refractivity contribution in [2.75, 3.05) is 5.32 Å². The van der Waals surface area contributed by atoms with E-state index in [-0.39, 0.29) is 28.1 Å². The molecule has 0 radical (unpaired) electrons. The molecule has 2 N–H and O–H groups in total. The van der Waals surface area contributed by atoms with Crippen molar-refractivity contribution in [2.45, 2.75) is 33.0 Å². The molecule has 174 valence electrons. The van der Waals surface area contributed by atoms with E-state index in [1.54, 1.807) is 26.8 Å². The molecule has 2 heterocycles. The second-order valence-electron chi connectivity index (χ2n) is 7.38. The first-order valence-electron chi connectivity index (χ1n) is 9.60. The van der Waals surface area contributed by atoms with E-state index in [2.05, 4.69) is 36.6 Å². The lowest BCUT2D eigenvalue weighted by molar-refractivity contribution is -0.289. The third kappa shape index (κ3) is 5.53. The Hall–Kier alpha value is -2.92. The van der Waals surface area contributed by atoms with E-state index in [4.69, 9.17) is 11.6 Å². The fraction of sp³-hybridized carbons (Fsp3) is 0.238. The van der Waals surface area contributed by atoms with Gasteiger partial charge in [0.15, 0.2) is 17.3 Å². The van der Waals surface area contributed by atoms with Gasteiger partial charge < -0.3 is 10.6 Å². The SMILES string of the molecule is Cc1cc(Br)cc(C(=O)NC(C)C)c1NC(=O)c1cc(C(F)(F)F)nn1-c1ncccc1[ClH+]. The van der Waals surface area contributed by atoms with Crippen molar-refractivity contribution in [3.63, 3.8) is 0 Å². The molecule has 1 aromatic carbocycles. The highest BCUT2D eigenvalue weighted by atomic mass is 79.9. The quantitative estimate of drug-likeness (QED) is 0.496. The summed E-state index contributed by atoms with van der Waals surface area (Å²) in [6, 6.07) is 6.59. The number of amides is 2. The Morgan fingerprint density at radius 2 is 1.88 bits per heavy atom. The van der Waals surface area contributed by atoms with Crippen molar-refractivity contribution in [2.24, 2.45) is 0 Å². The van der Waals surface area contributed by atoms with Crippen LogP contribution >= 0.6 is 15.9 Å². The van der Waals surface area contributed by atoms with Gasteiger partial charge in [-0.2, -0.15) is 18.3 Å². The van der Waals surface area contributed by atoms with E-state index in [0.717, 1.165) is 4.68 Å². The number of aromatic nitrogens is 3. The maximum Gasteiger partial charge on any atom is 0.435 e. The van der Waals surface area contributed by atoms with E-state index < -0.39 is 29.4 Å². The molecule has 0 saturated heterocycles. The molecule has 0 aliphatic rings. The molecule has 0 fully saturated rings. The molecule has 0 spiro atoms. The predicted octanol–water partition coefficient (Wildman–Crippen LogP) is 4.44. The van der Waals surface area contributed by atoms with E-state index in [1.165, 1.54) is 24.4 Å². The lowest BCUT2D eigenvalue weighted by Gasteiger charge is -2.16. The number of aryl methyl sites for hydroxylation is 1. The standard InChI is InChI=1S/C21H18BrClF3N5O2/c1-10(2)28-19(32)13-8-12(22)7-11(3)17(13)29-20(33)15-9-16(21(24,25)26)30-31(15)18-14(23)5-4-6-27-18/h4-10,23H,1-3H3,(H-,28,29,32,33)/p+1. The molecule has 0 saturated carbocycles. The molecule has 0 aliphatic carbocycles. The topological polar surface area (TPSA) is 88.9 Å². The van der Waals surface area contributed by atoms with Crippen LogP contribution in [0, 0.1) is 18.5 Å². The Labute approximate surface area is 200 Å². The molecule has 33 heavy (non-hydrogen) atoms. The summed E-state index contributed by atoms with van der Waals surface area (Å²) in [7, 11) is 0. The van der Waals surface area contributed by atoms with Gasteiger partial charge >= 0.3 is 6.18 Å². The molecule has 0 unspecified atom stereocenters. The molecular formula is C21H19BrClF3N5O2+. The van der Waals surface area contributed by atoms with Crippen LogP contribution in [0.5, 0.6) is 0 Å². The summed E-state index contributed by atoms with van der Waals surface area (Å²) in [5, 5.41) is 8.93. The third-order valence-corrected chi connectivity index (χ3v) is 5.16. The van der Waals surface area contributed by atoms with Crippen molar-refractivity contribution in [1.82, 2.24) is 20.1 Å². The fourth-order valence-electron chi connectivity index (χ4n) is 2.99. The largest absolute Gasteiger partial charge is 0.435 e. The van der Waals surface area contributed by atoms with Crippen molar-refractivity contribution >= 4 is 33.4 Å². The molecular weight excluding hydrogens is 527 g/mol. The average Bonchev–Trinajstić information content (AvgIpc) is 3.15. The lowest BCUT2D eigenvalue weighted by Crippen LogP contribution is -2.31. The number of nitrogens with zero attached hydrogens (tertiary/aromatic N) is 3. The first-order valence-corrected chi connectivity index (χ1v) is 10.8. The normalized spacial score (nSPS) is 11.5. The van der Waals surface area contributed by atoms with Gasteiger partial charge in [0.05, 0.1) is 11.3 Å². The summed E-state index contributed by atoms with van der Waals surface area (Å²) >= 11 is 8.46. The second kappa shape index (κ2) is 9.52. The first-order chi connectivity index (χ1) is 15.4. The number of hydrogen-bond donors (Lipinski definition) is 2. The number of carbonyl (C=O) groups is 2. The van der Waals surface area contributed by atoms with Crippen LogP contribution in [-0.4, -0.2) is 32.6 Å². The van der Waals surface area contributed by atoms with Gasteiger partial charge in [0, 0.05) is 28.8 Å². The minimum atomic E-state index is -4.80. The summed E-state index contributed by atoms with van der Waals surface area (Å²) in [5.74, 6) is -1.47. The number of halogens is 5. The summed E-state index contributed by atoms with van der Waals surface area (Å²) < 4.78 is 41.5. The van der Waals surface area contributed by atoms with Crippen LogP contribution in [0.25, 0.3) is 5.82 Å². The number of nitrogens with one attached hydrogen (secondary N) is 2. The van der Waals surface area contributed by atoms with Crippen LogP contribution in [0.2, 0.25) is 5.02 Å². The maximum atomic E-state index is 13.4. The number of alkyl halides is 3. The van der Waals surface area contributed by atoms with E-state index in [1.807, 2.05) is 0 Å². The zero-order valence-electron chi connectivity index (χ0n) is 17.6. The van der Waals surface area contributed by atoms with Crippen LogP contribution in [0.1, 0.15) is 46.0 Å². The van der Waals surface area contributed by atoms with Crippen molar-refractivity contribution in [3.05, 3.63) is 68.5 Å². The summed E-state index contributed by atoms with van der Waals surface area (Å²) in [6.45, 7) is 5.21. The van der Waals surface area contributed by atoms with Crippen LogP contribution in [-0.2, 0) is 6.18 Å². The van der Waals surface area contributed by atoms with Gasteiger partial charge in [-0.3, -0.25) is 9.59 Å². The molecule has 0 atom stereocenters. The summed E-state index contributed by atoms with van der Waals surface area (Å²) in [6.07, 6.45) is -3.47. The fourth-order valence-corrected chi connectivity index (χ4v) is 3.78. The van der Waals surface area contributed by atoms with Gasteiger partial charge in [-0.1, -0.05) is 15.9 Å². The Bertz CT molecular complexity index is 1230. The van der Waals surface area contributed by atoms with Crippen molar-refractivity contribution in [3.8, 4) is 5.82 Å². The molecule has 2 amide bonds. The molecule has 7 nitrogen and oxygen atoms in total. The van der Waals surface area contributed by atoms with Crippen molar-refractivity contribution < 1.29 is 34.4 Å². The highest BCUT2D eigenvalue weighted by Crippen LogP contribution is 2.31. The Morgan fingerprint density at radius 3 is 2.48 bits per heavy atom. The van der Waals surface area contributed by atoms with E-state index in [9.17, 15) is 22.8 Å². The summed E-state index contributed by atoms with van der Waals surface area (Å²) in [5.41, 5.74) is -0.895. The Kier molecular flexibility index (Phi) is 7.13. The third-order valence-electron chi connectivity index (χ3n) is 4.39. The average molecular weight is 546 g/mol. The van der Waals surface area contributed by atoms with Crippen LogP contribution in [0.3, 0.4) is 0 Å². The highest BCUT2D eigenvalue weighted by molar-refractivity contribution is 9.10. The summed E-state index contributed by atoms with van der Waals surface area (Å²) in [4.78, 5) is 29.8. The van der Waals surface area contributed by atoms with Gasteiger partial charge in [0.25, 0.3) is 16.8 Å². The predicted molar refractivity (Wildman–Crippen MR) is 116 cm³/mol. The first kappa shape index (κ1) is 24.7. The number of pyridine rings is 1. The second-order valence-corrected chi connectivity index (χ2v) is 8.73. The number of benzene rings is 1. The maximum absolute atomic E-state index is 13.4. The highest BCUT2D eigenvalue weighted by Gasteiger charge is 2.37. The van der Waals surface area contributed by atoms with Crippen LogP contribution < -0.4 is 10.6 Å². The Morgan fingerprint density at radius 1 is 1.18 bits per heavy atom. The smallest absolute Gasteiger partial charge is 0.350 e. The molecule has 3 rings (SSSR count).